The summed E-state index contributed by atoms with van der Waals surface area (Å²) in [5.74, 6) is 0.347. The fourth-order valence-corrected chi connectivity index (χ4v) is 4.24. The molecule has 1 fully saturated rings. The van der Waals surface area contributed by atoms with Gasteiger partial charge in [-0.2, -0.15) is 0 Å². The zero-order chi connectivity index (χ0) is 15.1. The Morgan fingerprint density at radius 1 is 1.30 bits per heavy atom. The number of hydrogen-bond acceptors (Lipinski definition) is 5. The van der Waals surface area contributed by atoms with E-state index in [9.17, 15) is 18.0 Å². The van der Waals surface area contributed by atoms with Crippen molar-refractivity contribution in [2.75, 3.05) is 18.6 Å². The van der Waals surface area contributed by atoms with Gasteiger partial charge in [-0.3, -0.25) is 18.8 Å². The molecule has 1 saturated heterocycles. The van der Waals surface area contributed by atoms with Crippen molar-refractivity contribution in [2.24, 2.45) is 14.1 Å². The van der Waals surface area contributed by atoms with E-state index >= 15 is 0 Å². The van der Waals surface area contributed by atoms with Gasteiger partial charge in [0, 0.05) is 38.4 Å². The van der Waals surface area contributed by atoms with Crippen LogP contribution in [0.4, 0.5) is 0 Å². The molecule has 112 valence electrons. The van der Waals surface area contributed by atoms with Crippen LogP contribution in [0.25, 0.3) is 0 Å². The van der Waals surface area contributed by atoms with E-state index in [1.54, 1.807) is 7.05 Å². The molecule has 0 amide bonds. The van der Waals surface area contributed by atoms with Gasteiger partial charge in [0.05, 0.1) is 11.5 Å². The fourth-order valence-electron chi connectivity index (χ4n) is 2.44. The summed E-state index contributed by atoms with van der Waals surface area (Å²) in [7, 11) is 1.91. The van der Waals surface area contributed by atoms with Crippen molar-refractivity contribution in [2.45, 2.75) is 19.0 Å². The van der Waals surface area contributed by atoms with E-state index in [2.05, 4.69) is 0 Å². The molecule has 1 aromatic heterocycles. The molecule has 0 saturated carbocycles. The highest BCUT2D eigenvalue weighted by atomic mass is 32.2. The molecule has 2 rings (SSSR count). The molecule has 0 aliphatic carbocycles. The second kappa shape index (κ2) is 5.17. The highest BCUT2D eigenvalue weighted by Gasteiger charge is 2.30. The highest BCUT2D eigenvalue weighted by molar-refractivity contribution is 7.91. The molecule has 1 atom stereocenters. The molecular weight excluding hydrogens is 282 g/mol. The summed E-state index contributed by atoms with van der Waals surface area (Å²) in [6.45, 7) is 0.377. The number of aromatic nitrogens is 2. The van der Waals surface area contributed by atoms with Gasteiger partial charge in [0.15, 0.2) is 9.84 Å². The molecule has 20 heavy (non-hydrogen) atoms. The normalized spacial score (nSPS) is 21.5. The lowest BCUT2D eigenvalue weighted by molar-refractivity contribution is 0.247. The Morgan fingerprint density at radius 2 is 1.95 bits per heavy atom. The molecular formula is C12H19N3O4S. The average molecular weight is 301 g/mol. The Kier molecular flexibility index (Phi) is 3.88. The lowest BCUT2D eigenvalue weighted by Crippen LogP contribution is -2.40. The standard InChI is InChI=1S/C12H19N3O4S/c1-13(9-4-5-20(18,19)8-9)7-10-6-11(16)15(3)12(17)14(10)2/h6,9H,4-5,7-8H2,1-3H3. The number of hydrogen-bond donors (Lipinski definition) is 0. The molecule has 7 nitrogen and oxygen atoms in total. The molecule has 2 heterocycles. The van der Waals surface area contributed by atoms with Crippen molar-refractivity contribution in [1.82, 2.24) is 14.0 Å². The second-order valence-electron chi connectivity index (χ2n) is 5.35. The van der Waals surface area contributed by atoms with Crippen molar-refractivity contribution in [3.05, 3.63) is 32.6 Å². The average Bonchev–Trinajstić information content (AvgIpc) is 2.74. The molecule has 1 unspecified atom stereocenters. The van der Waals surface area contributed by atoms with Crippen LogP contribution < -0.4 is 11.2 Å². The molecule has 0 N–H and O–H groups in total. The Morgan fingerprint density at radius 3 is 2.50 bits per heavy atom. The zero-order valence-corrected chi connectivity index (χ0v) is 12.7. The van der Waals surface area contributed by atoms with Gasteiger partial charge in [-0.05, 0) is 13.5 Å². The van der Waals surface area contributed by atoms with Crippen LogP contribution in [0.5, 0.6) is 0 Å². The third kappa shape index (κ3) is 2.85. The van der Waals surface area contributed by atoms with Crippen LogP contribution in [0.2, 0.25) is 0 Å². The molecule has 1 aliphatic heterocycles. The topological polar surface area (TPSA) is 81.4 Å². The molecule has 1 aromatic rings. The highest BCUT2D eigenvalue weighted by Crippen LogP contribution is 2.17. The van der Waals surface area contributed by atoms with Crippen molar-refractivity contribution < 1.29 is 8.42 Å². The molecule has 0 spiro atoms. The Balaban J connectivity index is 2.23. The van der Waals surface area contributed by atoms with Crippen LogP contribution in [-0.4, -0.2) is 47.0 Å². The predicted octanol–water partition coefficient (Wildman–Crippen LogP) is -1.30. The second-order valence-corrected chi connectivity index (χ2v) is 7.58. The summed E-state index contributed by atoms with van der Waals surface area (Å²) in [5.41, 5.74) is -0.139. The van der Waals surface area contributed by atoms with Gasteiger partial charge in [0.1, 0.15) is 0 Å². The van der Waals surface area contributed by atoms with Crippen LogP contribution in [0, 0.1) is 0 Å². The largest absolute Gasteiger partial charge is 0.330 e. The third-order valence-electron chi connectivity index (χ3n) is 3.87. The Bertz CT molecular complexity index is 732. The van der Waals surface area contributed by atoms with Gasteiger partial charge >= 0.3 is 5.69 Å². The summed E-state index contributed by atoms with van der Waals surface area (Å²) in [6.07, 6.45) is 0.595. The maximum Gasteiger partial charge on any atom is 0.330 e. The quantitative estimate of drug-likeness (QED) is 0.693. The van der Waals surface area contributed by atoms with E-state index in [4.69, 9.17) is 0 Å². The third-order valence-corrected chi connectivity index (χ3v) is 5.62. The lowest BCUT2D eigenvalue weighted by Gasteiger charge is -2.24. The summed E-state index contributed by atoms with van der Waals surface area (Å²) in [6, 6.07) is 1.36. The minimum Gasteiger partial charge on any atom is -0.299 e. The van der Waals surface area contributed by atoms with Crippen LogP contribution in [0.3, 0.4) is 0 Å². The molecule has 0 bridgehead atoms. The summed E-state index contributed by atoms with van der Waals surface area (Å²) < 4.78 is 25.4. The van der Waals surface area contributed by atoms with Crippen molar-refractivity contribution in [3.63, 3.8) is 0 Å². The minimum absolute atomic E-state index is 0.0563. The molecule has 0 aromatic carbocycles. The van der Waals surface area contributed by atoms with Crippen molar-refractivity contribution in [1.29, 1.82) is 0 Å². The van der Waals surface area contributed by atoms with E-state index in [1.807, 2.05) is 11.9 Å². The molecule has 1 aliphatic rings. The number of rotatable bonds is 3. The monoisotopic (exact) mass is 301 g/mol. The first-order valence-corrected chi connectivity index (χ1v) is 8.20. The summed E-state index contributed by atoms with van der Waals surface area (Å²) in [4.78, 5) is 25.4. The zero-order valence-electron chi connectivity index (χ0n) is 11.9. The van der Waals surface area contributed by atoms with Crippen LogP contribution in [0.15, 0.2) is 15.7 Å². The Hall–Kier alpha value is -1.41. The van der Waals surface area contributed by atoms with E-state index in [1.165, 1.54) is 17.7 Å². The lowest BCUT2D eigenvalue weighted by atomic mass is 10.2. The molecule has 8 heteroatoms. The van der Waals surface area contributed by atoms with E-state index < -0.39 is 9.84 Å². The van der Waals surface area contributed by atoms with E-state index in [0.29, 0.717) is 18.7 Å². The first-order chi connectivity index (χ1) is 9.21. The smallest absolute Gasteiger partial charge is 0.299 e. The number of nitrogens with zero attached hydrogens (tertiary/aromatic N) is 3. The van der Waals surface area contributed by atoms with Crippen molar-refractivity contribution in [3.8, 4) is 0 Å². The predicted molar refractivity (Wildman–Crippen MR) is 75.4 cm³/mol. The van der Waals surface area contributed by atoms with Crippen molar-refractivity contribution >= 4 is 9.84 Å². The van der Waals surface area contributed by atoms with E-state index in [0.717, 1.165) is 4.57 Å². The Labute approximate surface area is 117 Å². The van der Waals surface area contributed by atoms with Gasteiger partial charge in [0.2, 0.25) is 0 Å². The first-order valence-electron chi connectivity index (χ1n) is 6.38. The van der Waals surface area contributed by atoms with Crippen LogP contribution in [0.1, 0.15) is 12.1 Å². The van der Waals surface area contributed by atoms with Gasteiger partial charge < -0.3 is 0 Å². The summed E-state index contributed by atoms with van der Waals surface area (Å²) >= 11 is 0. The minimum atomic E-state index is -2.94. The number of sulfone groups is 1. The summed E-state index contributed by atoms with van der Waals surface area (Å²) in [5, 5.41) is 0. The van der Waals surface area contributed by atoms with Crippen LogP contribution in [-0.2, 0) is 30.5 Å². The van der Waals surface area contributed by atoms with Gasteiger partial charge in [-0.1, -0.05) is 0 Å². The maximum absolute atomic E-state index is 11.8. The first kappa shape index (κ1) is 15.0. The van der Waals surface area contributed by atoms with Crippen LogP contribution >= 0.6 is 0 Å². The van der Waals surface area contributed by atoms with E-state index in [-0.39, 0.29) is 28.8 Å². The van der Waals surface area contributed by atoms with Gasteiger partial charge in [-0.15, -0.1) is 0 Å². The molecule has 0 radical (unpaired) electrons. The maximum atomic E-state index is 11.8. The SMILES string of the molecule is CN(Cc1cc(=O)n(C)c(=O)n1C)C1CCS(=O)(=O)C1. The van der Waals surface area contributed by atoms with Gasteiger partial charge in [0.25, 0.3) is 5.56 Å². The van der Waals surface area contributed by atoms with Gasteiger partial charge in [-0.25, -0.2) is 13.2 Å². The fraction of sp³-hybridized carbons (Fsp3) is 0.667.